The Bertz CT molecular complexity index is 387. The van der Waals surface area contributed by atoms with Gasteiger partial charge in [0.25, 0.3) is 5.56 Å². The second kappa shape index (κ2) is 3.87. The number of nitriles is 1. The van der Waals surface area contributed by atoms with Crippen LogP contribution in [0, 0.1) is 11.3 Å². The number of rotatable bonds is 2. The largest absolute Gasteiger partial charge is 0.393 e. The lowest BCUT2D eigenvalue weighted by Gasteiger charge is -2.03. The monoisotopic (exact) mass is 178 g/mol. The van der Waals surface area contributed by atoms with Gasteiger partial charge in [-0.2, -0.15) is 5.26 Å². The topological polar surface area (TPSA) is 76.9 Å². The van der Waals surface area contributed by atoms with E-state index >= 15 is 0 Å². The summed E-state index contributed by atoms with van der Waals surface area (Å²) in [5.41, 5.74) is 0.328. The van der Waals surface area contributed by atoms with Gasteiger partial charge in [0.05, 0.1) is 6.10 Å². The van der Waals surface area contributed by atoms with E-state index in [1.54, 1.807) is 19.1 Å². The molecule has 4 nitrogen and oxygen atoms in total. The molecule has 0 saturated heterocycles. The summed E-state index contributed by atoms with van der Waals surface area (Å²) in [7, 11) is 0. The molecule has 4 heteroatoms. The van der Waals surface area contributed by atoms with Gasteiger partial charge in [-0.25, -0.2) is 0 Å². The minimum atomic E-state index is -0.497. The van der Waals surface area contributed by atoms with Gasteiger partial charge in [0, 0.05) is 12.1 Å². The van der Waals surface area contributed by atoms with E-state index in [0.29, 0.717) is 12.1 Å². The van der Waals surface area contributed by atoms with Gasteiger partial charge >= 0.3 is 0 Å². The van der Waals surface area contributed by atoms with Crippen molar-refractivity contribution in [1.82, 2.24) is 4.98 Å². The Morgan fingerprint density at radius 2 is 2.38 bits per heavy atom. The maximum atomic E-state index is 11.1. The molecule has 0 fully saturated rings. The molecule has 0 saturated carbocycles. The van der Waals surface area contributed by atoms with Crippen LogP contribution in [0.3, 0.4) is 0 Å². The van der Waals surface area contributed by atoms with Crippen LogP contribution in [-0.2, 0) is 6.42 Å². The summed E-state index contributed by atoms with van der Waals surface area (Å²) in [5.74, 6) is 0. The molecular weight excluding hydrogens is 168 g/mol. The summed E-state index contributed by atoms with van der Waals surface area (Å²) in [6.07, 6.45) is -0.107. The summed E-state index contributed by atoms with van der Waals surface area (Å²) in [5, 5.41) is 17.5. The van der Waals surface area contributed by atoms with Gasteiger partial charge in [0.2, 0.25) is 0 Å². The van der Waals surface area contributed by atoms with Crippen molar-refractivity contribution in [3.63, 3.8) is 0 Å². The van der Waals surface area contributed by atoms with Crippen LogP contribution >= 0.6 is 0 Å². The predicted molar refractivity (Wildman–Crippen MR) is 47.2 cm³/mol. The molecular formula is C9H10N2O2. The number of aromatic amines is 1. The highest BCUT2D eigenvalue weighted by Gasteiger charge is 2.02. The number of H-pyrrole nitrogens is 1. The lowest BCUT2D eigenvalue weighted by molar-refractivity contribution is 0.194. The van der Waals surface area contributed by atoms with Gasteiger partial charge in [-0.05, 0) is 19.1 Å². The third-order valence-corrected chi connectivity index (χ3v) is 1.61. The predicted octanol–water partition coefficient (Wildman–Crippen LogP) is 0.170. The third kappa shape index (κ3) is 2.42. The normalized spacial score (nSPS) is 12.1. The van der Waals surface area contributed by atoms with Crippen LogP contribution in [0.1, 0.15) is 18.2 Å². The molecule has 1 atom stereocenters. The van der Waals surface area contributed by atoms with E-state index in [-0.39, 0.29) is 5.56 Å². The number of pyridine rings is 1. The van der Waals surface area contributed by atoms with Crippen LogP contribution in [0.2, 0.25) is 0 Å². The highest BCUT2D eigenvalue weighted by molar-refractivity contribution is 5.26. The molecule has 1 heterocycles. The summed E-state index contributed by atoms with van der Waals surface area (Å²) >= 11 is 0. The van der Waals surface area contributed by atoms with Gasteiger partial charge in [-0.3, -0.25) is 4.79 Å². The van der Waals surface area contributed by atoms with E-state index < -0.39 is 11.7 Å². The first-order valence-electron chi connectivity index (χ1n) is 3.94. The van der Waals surface area contributed by atoms with Crippen molar-refractivity contribution < 1.29 is 5.11 Å². The average molecular weight is 178 g/mol. The van der Waals surface area contributed by atoms with Crippen LogP contribution in [0.25, 0.3) is 0 Å². The number of aliphatic hydroxyl groups is 1. The van der Waals surface area contributed by atoms with Gasteiger partial charge < -0.3 is 10.1 Å². The molecule has 1 unspecified atom stereocenters. The molecule has 0 bridgehead atoms. The van der Waals surface area contributed by atoms with Crippen molar-refractivity contribution in [1.29, 1.82) is 5.26 Å². The Morgan fingerprint density at radius 1 is 1.69 bits per heavy atom. The van der Waals surface area contributed by atoms with E-state index in [4.69, 9.17) is 10.4 Å². The first-order chi connectivity index (χ1) is 6.13. The van der Waals surface area contributed by atoms with Crippen molar-refractivity contribution >= 4 is 0 Å². The number of nitrogens with one attached hydrogen (secondary N) is 1. The third-order valence-electron chi connectivity index (χ3n) is 1.61. The zero-order chi connectivity index (χ0) is 9.84. The van der Waals surface area contributed by atoms with E-state index in [9.17, 15) is 4.79 Å². The molecule has 0 amide bonds. The van der Waals surface area contributed by atoms with E-state index in [1.165, 1.54) is 6.07 Å². The zero-order valence-corrected chi connectivity index (χ0v) is 7.24. The minimum Gasteiger partial charge on any atom is -0.393 e. The quantitative estimate of drug-likeness (QED) is 0.677. The second-order valence-corrected chi connectivity index (χ2v) is 2.89. The molecule has 1 aromatic rings. The van der Waals surface area contributed by atoms with Crippen LogP contribution < -0.4 is 5.56 Å². The Balaban J connectivity index is 2.98. The highest BCUT2D eigenvalue weighted by atomic mass is 16.3. The fourth-order valence-electron chi connectivity index (χ4n) is 1.04. The van der Waals surface area contributed by atoms with Gasteiger partial charge in [-0.15, -0.1) is 0 Å². The van der Waals surface area contributed by atoms with Gasteiger partial charge in [-0.1, -0.05) is 0 Å². The van der Waals surface area contributed by atoms with Crippen molar-refractivity contribution in [3.05, 3.63) is 33.7 Å². The van der Waals surface area contributed by atoms with Gasteiger partial charge in [0.15, 0.2) is 0 Å². The molecule has 0 aliphatic carbocycles. The van der Waals surface area contributed by atoms with E-state index in [1.807, 2.05) is 0 Å². The SMILES string of the molecule is CC(O)Cc1ccc(C#N)c(=O)[nH]1. The number of nitrogens with zero attached hydrogens (tertiary/aromatic N) is 1. The lowest BCUT2D eigenvalue weighted by Crippen LogP contribution is -2.15. The average Bonchev–Trinajstić information content (AvgIpc) is 2.03. The minimum absolute atomic E-state index is 0.0920. The number of hydrogen-bond acceptors (Lipinski definition) is 3. The summed E-state index contributed by atoms with van der Waals surface area (Å²) in [6, 6.07) is 4.86. The first-order valence-corrected chi connectivity index (χ1v) is 3.94. The lowest BCUT2D eigenvalue weighted by atomic mass is 10.2. The van der Waals surface area contributed by atoms with Crippen molar-refractivity contribution in [3.8, 4) is 6.07 Å². The molecule has 68 valence electrons. The van der Waals surface area contributed by atoms with E-state index in [0.717, 1.165) is 0 Å². The molecule has 0 aromatic carbocycles. The Morgan fingerprint density at radius 3 is 2.85 bits per heavy atom. The van der Waals surface area contributed by atoms with Crippen molar-refractivity contribution in [2.75, 3.05) is 0 Å². The summed E-state index contributed by atoms with van der Waals surface area (Å²) in [4.78, 5) is 13.6. The molecule has 13 heavy (non-hydrogen) atoms. The zero-order valence-electron chi connectivity index (χ0n) is 7.24. The molecule has 2 N–H and O–H groups in total. The fraction of sp³-hybridized carbons (Fsp3) is 0.333. The maximum Gasteiger partial charge on any atom is 0.266 e. The van der Waals surface area contributed by atoms with Crippen molar-refractivity contribution in [2.24, 2.45) is 0 Å². The summed E-state index contributed by atoms with van der Waals surface area (Å²) in [6.45, 7) is 1.64. The second-order valence-electron chi connectivity index (χ2n) is 2.89. The highest BCUT2D eigenvalue weighted by Crippen LogP contribution is 1.98. The summed E-state index contributed by atoms with van der Waals surface area (Å²) < 4.78 is 0. The Labute approximate surface area is 75.5 Å². The standard InChI is InChI=1S/C9H10N2O2/c1-6(12)4-8-3-2-7(5-10)9(13)11-8/h2-3,6,12H,4H2,1H3,(H,11,13). The molecule has 1 rings (SSSR count). The maximum absolute atomic E-state index is 11.1. The van der Waals surface area contributed by atoms with Crippen LogP contribution in [0.4, 0.5) is 0 Å². The fourth-order valence-corrected chi connectivity index (χ4v) is 1.04. The van der Waals surface area contributed by atoms with E-state index in [2.05, 4.69) is 4.98 Å². The Hall–Kier alpha value is -1.60. The smallest absolute Gasteiger partial charge is 0.266 e. The molecule has 0 spiro atoms. The van der Waals surface area contributed by atoms with Crippen LogP contribution in [0.15, 0.2) is 16.9 Å². The molecule has 1 aromatic heterocycles. The molecule has 0 aliphatic heterocycles. The number of aromatic nitrogens is 1. The Kier molecular flexibility index (Phi) is 2.83. The van der Waals surface area contributed by atoms with Crippen molar-refractivity contribution in [2.45, 2.75) is 19.4 Å². The molecule has 0 aliphatic rings. The van der Waals surface area contributed by atoms with Gasteiger partial charge in [0.1, 0.15) is 11.6 Å². The first kappa shape index (κ1) is 9.49. The van der Waals surface area contributed by atoms with Crippen LogP contribution in [0.5, 0.6) is 0 Å². The number of hydrogen-bond donors (Lipinski definition) is 2. The van der Waals surface area contributed by atoms with Crippen LogP contribution in [-0.4, -0.2) is 16.2 Å². The number of aliphatic hydroxyl groups excluding tert-OH is 1. The molecule has 0 radical (unpaired) electrons.